The van der Waals surface area contributed by atoms with Gasteiger partial charge in [-0.15, -0.1) is 0 Å². The lowest BCUT2D eigenvalue weighted by molar-refractivity contribution is -0.129. The zero-order valence-electron chi connectivity index (χ0n) is 13.3. The highest BCUT2D eigenvalue weighted by molar-refractivity contribution is 6.30. The molecule has 3 nitrogen and oxygen atoms in total. The molecule has 0 bridgehead atoms. The fourth-order valence-corrected chi connectivity index (χ4v) is 3.60. The first-order chi connectivity index (χ1) is 9.94. The molecule has 1 heterocycles. The number of hydrogen-bond acceptors (Lipinski definition) is 3. The number of likely N-dealkylation sites (N-methyl/N-ethyl adjacent to an activating group) is 1. The Morgan fingerprint density at radius 3 is 2.57 bits per heavy atom. The van der Waals surface area contributed by atoms with E-state index in [1.165, 1.54) is 0 Å². The molecule has 0 amide bonds. The number of nitrogens with zero attached hydrogens (tertiary/aromatic N) is 1. The van der Waals surface area contributed by atoms with Gasteiger partial charge in [0.15, 0.2) is 5.78 Å². The molecular weight excluding hydrogens is 286 g/mol. The van der Waals surface area contributed by atoms with Crippen LogP contribution in [0, 0.1) is 0 Å². The second kappa shape index (κ2) is 6.37. The molecule has 21 heavy (non-hydrogen) atoms. The van der Waals surface area contributed by atoms with Crippen LogP contribution in [0.4, 0.5) is 0 Å². The lowest BCUT2D eigenvalue weighted by Crippen LogP contribution is -2.51. The smallest absolute Gasteiger partial charge is 0.157 e. The standard InChI is InChI=1S/C17H24ClNO2/c1-5-17(6-2,19(3)4)15(20)11-13-10-14(18)9-12-7-8-21-16(12)13/h9-10H,5-8,11H2,1-4H3. The molecular formula is C17H24ClNO2. The zero-order chi connectivity index (χ0) is 15.6. The average Bonchev–Trinajstić information content (AvgIpc) is 2.88. The minimum absolute atomic E-state index is 0.234. The molecule has 0 saturated heterocycles. The highest BCUT2D eigenvalue weighted by Gasteiger charge is 2.37. The summed E-state index contributed by atoms with van der Waals surface area (Å²) in [6, 6.07) is 3.81. The van der Waals surface area contributed by atoms with Crippen LogP contribution >= 0.6 is 11.6 Å². The zero-order valence-corrected chi connectivity index (χ0v) is 14.1. The van der Waals surface area contributed by atoms with Gasteiger partial charge in [-0.25, -0.2) is 0 Å². The Hall–Kier alpha value is -1.06. The summed E-state index contributed by atoms with van der Waals surface area (Å²) in [5.74, 6) is 1.10. The topological polar surface area (TPSA) is 29.5 Å². The fourth-order valence-electron chi connectivity index (χ4n) is 3.34. The van der Waals surface area contributed by atoms with E-state index in [1.807, 2.05) is 31.1 Å². The number of halogens is 1. The minimum Gasteiger partial charge on any atom is -0.493 e. The quantitative estimate of drug-likeness (QED) is 0.805. The third-order valence-electron chi connectivity index (χ3n) is 4.72. The molecule has 0 N–H and O–H groups in total. The number of fused-ring (bicyclic) bond motifs is 1. The first kappa shape index (κ1) is 16.3. The van der Waals surface area contributed by atoms with Gasteiger partial charge in [-0.2, -0.15) is 0 Å². The van der Waals surface area contributed by atoms with Gasteiger partial charge in [0.2, 0.25) is 0 Å². The van der Waals surface area contributed by atoms with Crippen LogP contribution in [0.15, 0.2) is 12.1 Å². The summed E-state index contributed by atoms with van der Waals surface area (Å²) in [5.41, 5.74) is 1.63. The Morgan fingerprint density at radius 1 is 1.33 bits per heavy atom. The number of ether oxygens (including phenoxy) is 1. The van der Waals surface area contributed by atoms with Crippen molar-refractivity contribution in [1.29, 1.82) is 0 Å². The van der Waals surface area contributed by atoms with E-state index in [9.17, 15) is 4.79 Å². The van der Waals surface area contributed by atoms with Crippen LogP contribution in [0.5, 0.6) is 5.75 Å². The molecule has 0 aliphatic carbocycles. The highest BCUT2D eigenvalue weighted by Crippen LogP contribution is 2.35. The van der Waals surface area contributed by atoms with E-state index in [1.54, 1.807) is 0 Å². The van der Waals surface area contributed by atoms with Gasteiger partial charge in [0.1, 0.15) is 5.75 Å². The van der Waals surface area contributed by atoms with Crippen LogP contribution in [0.1, 0.15) is 37.8 Å². The Labute approximate surface area is 132 Å². The van der Waals surface area contributed by atoms with Crippen LogP contribution in [0.25, 0.3) is 0 Å². The Kier molecular flexibility index (Phi) is 4.95. The van der Waals surface area contributed by atoms with Crippen molar-refractivity contribution < 1.29 is 9.53 Å². The van der Waals surface area contributed by atoms with Crippen molar-refractivity contribution in [1.82, 2.24) is 4.90 Å². The van der Waals surface area contributed by atoms with Crippen molar-refractivity contribution in [2.75, 3.05) is 20.7 Å². The van der Waals surface area contributed by atoms with E-state index < -0.39 is 5.54 Å². The van der Waals surface area contributed by atoms with E-state index >= 15 is 0 Å². The van der Waals surface area contributed by atoms with Crippen molar-refractivity contribution >= 4 is 17.4 Å². The lowest BCUT2D eigenvalue weighted by Gasteiger charge is -2.37. The van der Waals surface area contributed by atoms with Gasteiger partial charge >= 0.3 is 0 Å². The molecule has 0 unspecified atom stereocenters. The van der Waals surface area contributed by atoms with Crippen LogP contribution < -0.4 is 4.74 Å². The van der Waals surface area contributed by atoms with Crippen LogP contribution in [-0.2, 0) is 17.6 Å². The van der Waals surface area contributed by atoms with E-state index in [4.69, 9.17) is 16.3 Å². The molecule has 1 aliphatic rings. The van der Waals surface area contributed by atoms with Gasteiger partial charge in [0, 0.05) is 23.4 Å². The predicted octanol–water partition coefficient (Wildman–Crippen LogP) is 3.51. The molecule has 0 atom stereocenters. The second-order valence-corrected chi connectivity index (χ2v) is 6.32. The maximum Gasteiger partial charge on any atom is 0.157 e. The lowest BCUT2D eigenvalue weighted by atomic mass is 9.83. The third-order valence-corrected chi connectivity index (χ3v) is 4.94. The van der Waals surface area contributed by atoms with Crippen LogP contribution in [-0.4, -0.2) is 36.9 Å². The summed E-state index contributed by atoms with van der Waals surface area (Å²) in [5, 5.41) is 0.686. The normalized spacial score (nSPS) is 14.2. The van der Waals surface area contributed by atoms with Crippen molar-refractivity contribution in [2.24, 2.45) is 0 Å². The summed E-state index contributed by atoms with van der Waals surface area (Å²) >= 11 is 6.18. The number of carbonyl (C=O) groups is 1. The van der Waals surface area contributed by atoms with E-state index in [2.05, 4.69) is 13.8 Å². The minimum atomic E-state index is -0.409. The largest absolute Gasteiger partial charge is 0.493 e. The molecule has 1 aromatic rings. The summed E-state index contributed by atoms with van der Waals surface area (Å²) in [6.07, 6.45) is 2.86. The molecule has 0 aromatic heterocycles. The number of hydrogen-bond donors (Lipinski definition) is 0. The van der Waals surface area contributed by atoms with Gasteiger partial charge in [0.05, 0.1) is 12.1 Å². The van der Waals surface area contributed by atoms with E-state index in [-0.39, 0.29) is 5.78 Å². The molecule has 0 fully saturated rings. The van der Waals surface area contributed by atoms with Crippen molar-refractivity contribution in [3.63, 3.8) is 0 Å². The van der Waals surface area contributed by atoms with Gasteiger partial charge in [-0.3, -0.25) is 9.69 Å². The summed E-state index contributed by atoms with van der Waals surface area (Å²) in [4.78, 5) is 15.0. The van der Waals surface area contributed by atoms with Gasteiger partial charge < -0.3 is 4.74 Å². The van der Waals surface area contributed by atoms with Crippen molar-refractivity contribution in [3.05, 3.63) is 28.3 Å². The molecule has 116 valence electrons. The number of ketones is 1. The summed E-state index contributed by atoms with van der Waals surface area (Å²) < 4.78 is 5.70. The molecule has 1 aromatic carbocycles. The van der Waals surface area contributed by atoms with Gasteiger partial charge in [0.25, 0.3) is 0 Å². The summed E-state index contributed by atoms with van der Waals surface area (Å²) in [6.45, 7) is 4.82. The number of rotatable bonds is 6. The molecule has 4 heteroatoms. The number of benzene rings is 1. The predicted molar refractivity (Wildman–Crippen MR) is 86.4 cm³/mol. The SMILES string of the molecule is CCC(CC)(C(=O)Cc1cc(Cl)cc2c1OCC2)N(C)C. The van der Waals surface area contributed by atoms with E-state index in [0.29, 0.717) is 18.1 Å². The third kappa shape index (κ3) is 2.95. The molecule has 0 spiro atoms. The molecule has 1 aliphatic heterocycles. The first-order valence-corrected chi connectivity index (χ1v) is 7.97. The maximum absolute atomic E-state index is 12.9. The monoisotopic (exact) mass is 309 g/mol. The summed E-state index contributed by atoms with van der Waals surface area (Å²) in [7, 11) is 3.95. The van der Waals surface area contributed by atoms with Crippen molar-refractivity contribution in [3.8, 4) is 5.75 Å². The average molecular weight is 310 g/mol. The maximum atomic E-state index is 12.9. The number of carbonyl (C=O) groups excluding carboxylic acids is 1. The Balaban J connectivity index is 2.32. The Morgan fingerprint density at radius 2 is 2.00 bits per heavy atom. The molecule has 2 rings (SSSR count). The molecule has 0 radical (unpaired) electrons. The van der Waals surface area contributed by atoms with Crippen LogP contribution in [0.3, 0.4) is 0 Å². The molecule has 0 saturated carbocycles. The fraction of sp³-hybridized carbons (Fsp3) is 0.588. The second-order valence-electron chi connectivity index (χ2n) is 5.88. The highest BCUT2D eigenvalue weighted by atomic mass is 35.5. The Bertz CT molecular complexity index is 536. The van der Waals surface area contributed by atoms with Gasteiger partial charge in [-0.05, 0) is 44.6 Å². The number of Topliss-reactive ketones (excluding diaryl/α,β-unsaturated/α-hetero) is 1. The van der Waals surface area contributed by atoms with Crippen LogP contribution in [0.2, 0.25) is 5.02 Å². The first-order valence-electron chi connectivity index (χ1n) is 7.59. The van der Waals surface area contributed by atoms with Crippen molar-refractivity contribution in [2.45, 2.75) is 45.1 Å². The van der Waals surface area contributed by atoms with Gasteiger partial charge in [-0.1, -0.05) is 25.4 Å². The van der Waals surface area contributed by atoms with E-state index in [0.717, 1.165) is 36.1 Å².